The molecule has 2 aliphatic rings. The Kier molecular flexibility index (Phi) is 4.55. The van der Waals surface area contributed by atoms with Crippen LogP contribution in [-0.4, -0.2) is 40.9 Å². The van der Waals surface area contributed by atoms with E-state index in [1.807, 2.05) is 0 Å². The van der Waals surface area contributed by atoms with Gasteiger partial charge in [0.1, 0.15) is 5.82 Å². The Morgan fingerprint density at radius 2 is 1.85 bits per heavy atom. The number of hydrogen-bond donors (Lipinski definition) is 2. The van der Waals surface area contributed by atoms with Crippen molar-refractivity contribution in [2.75, 3.05) is 24.5 Å². The summed E-state index contributed by atoms with van der Waals surface area (Å²) in [4.78, 5) is 7.09. The first kappa shape index (κ1) is 13.9. The number of hydrogen-bond acceptors (Lipinski definition) is 4. The third kappa shape index (κ3) is 3.32. The molecular formula is C15H27N5. The minimum absolute atomic E-state index is 0.520. The zero-order valence-electron chi connectivity index (χ0n) is 12.6. The highest BCUT2D eigenvalue weighted by molar-refractivity contribution is 5.30. The summed E-state index contributed by atoms with van der Waals surface area (Å²) >= 11 is 0. The van der Waals surface area contributed by atoms with Crippen LogP contribution in [-0.2, 0) is 0 Å². The highest BCUT2D eigenvalue weighted by Crippen LogP contribution is 2.29. The summed E-state index contributed by atoms with van der Waals surface area (Å²) in [6.07, 6.45) is 9.39. The Balaban J connectivity index is 1.65. The van der Waals surface area contributed by atoms with E-state index >= 15 is 0 Å². The molecule has 3 rings (SSSR count). The van der Waals surface area contributed by atoms with E-state index in [0.717, 1.165) is 31.4 Å². The van der Waals surface area contributed by atoms with Crippen molar-refractivity contribution in [2.24, 2.45) is 0 Å². The van der Waals surface area contributed by atoms with Crippen LogP contribution in [0.1, 0.15) is 63.6 Å². The molecule has 1 saturated heterocycles. The molecule has 0 radical (unpaired) electrons. The van der Waals surface area contributed by atoms with Crippen LogP contribution in [0.15, 0.2) is 0 Å². The zero-order chi connectivity index (χ0) is 13.8. The second kappa shape index (κ2) is 6.57. The van der Waals surface area contributed by atoms with Crippen LogP contribution < -0.4 is 10.2 Å². The number of aromatic amines is 1. The first-order chi connectivity index (χ1) is 9.83. The van der Waals surface area contributed by atoms with Gasteiger partial charge in [0.05, 0.1) is 0 Å². The molecule has 1 aliphatic carbocycles. The largest absolute Gasteiger partial charge is 0.337 e. The van der Waals surface area contributed by atoms with Gasteiger partial charge < -0.3 is 10.2 Å². The summed E-state index contributed by atoms with van der Waals surface area (Å²) in [5.41, 5.74) is 0. The number of rotatable bonds is 2. The molecule has 1 saturated carbocycles. The van der Waals surface area contributed by atoms with Crippen molar-refractivity contribution in [1.82, 2.24) is 20.5 Å². The Bertz CT molecular complexity index is 408. The predicted molar refractivity (Wildman–Crippen MR) is 81.1 cm³/mol. The van der Waals surface area contributed by atoms with Crippen LogP contribution in [0, 0.1) is 0 Å². The van der Waals surface area contributed by atoms with Gasteiger partial charge >= 0.3 is 0 Å². The summed E-state index contributed by atoms with van der Waals surface area (Å²) in [6.45, 7) is 5.25. The molecule has 0 spiro atoms. The van der Waals surface area contributed by atoms with Crippen molar-refractivity contribution < 1.29 is 0 Å². The van der Waals surface area contributed by atoms with E-state index in [9.17, 15) is 0 Å². The van der Waals surface area contributed by atoms with Crippen molar-refractivity contribution in [2.45, 2.75) is 63.8 Å². The molecule has 20 heavy (non-hydrogen) atoms. The fourth-order valence-electron chi connectivity index (χ4n) is 3.43. The molecule has 0 amide bonds. The van der Waals surface area contributed by atoms with Crippen LogP contribution in [0.2, 0.25) is 0 Å². The molecule has 2 heterocycles. The summed E-state index contributed by atoms with van der Waals surface area (Å²) < 4.78 is 0. The molecule has 2 fully saturated rings. The van der Waals surface area contributed by atoms with E-state index in [0.29, 0.717) is 12.0 Å². The van der Waals surface area contributed by atoms with Crippen LogP contribution in [0.4, 0.5) is 5.95 Å². The van der Waals surface area contributed by atoms with Crippen LogP contribution >= 0.6 is 0 Å². The third-order valence-electron chi connectivity index (χ3n) is 4.63. The molecule has 2 N–H and O–H groups in total. The zero-order valence-corrected chi connectivity index (χ0v) is 12.6. The predicted octanol–water partition coefficient (Wildman–Crippen LogP) is 2.43. The Labute approximate surface area is 121 Å². The maximum Gasteiger partial charge on any atom is 0.244 e. The molecule has 1 aromatic heterocycles. The lowest BCUT2D eigenvalue weighted by Crippen LogP contribution is -2.49. The van der Waals surface area contributed by atoms with E-state index in [2.05, 4.69) is 27.3 Å². The van der Waals surface area contributed by atoms with Crippen molar-refractivity contribution in [3.8, 4) is 0 Å². The minimum atomic E-state index is 0.520. The van der Waals surface area contributed by atoms with Gasteiger partial charge in [0.2, 0.25) is 5.95 Å². The van der Waals surface area contributed by atoms with E-state index in [1.165, 1.54) is 44.9 Å². The molecule has 1 aromatic rings. The summed E-state index contributed by atoms with van der Waals surface area (Å²) in [6, 6.07) is 0.520. The monoisotopic (exact) mass is 277 g/mol. The molecule has 112 valence electrons. The smallest absolute Gasteiger partial charge is 0.244 e. The summed E-state index contributed by atoms with van der Waals surface area (Å²) in [5.74, 6) is 2.61. The van der Waals surface area contributed by atoms with Crippen molar-refractivity contribution in [1.29, 1.82) is 0 Å². The molecule has 0 bridgehead atoms. The average Bonchev–Trinajstić information content (AvgIpc) is 2.88. The molecule has 1 aliphatic heterocycles. The van der Waals surface area contributed by atoms with Gasteiger partial charge in [0, 0.05) is 31.6 Å². The highest BCUT2D eigenvalue weighted by Gasteiger charge is 2.22. The molecule has 5 nitrogen and oxygen atoms in total. The van der Waals surface area contributed by atoms with Crippen LogP contribution in [0.5, 0.6) is 0 Å². The lowest BCUT2D eigenvalue weighted by molar-refractivity contribution is 0.443. The van der Waals surface area contributed by atoms with Gasteiger partial charge in [-0.25, -0.2) is 0 Å². The lowest BCUT2D eigenvalue weighted by Gasteiger charge is -2.30. The van der Waals surface area contributed by atoms with E-state index < -0.39 is 0 Å². The first-order valence-corrected chi connectivity index (χ1v) is 8.23. The van der Waals surface area contributed by atoms with E-state index in [-0.39, 0.29) is 0 Å². The molecule has 0 unspecified atom stereocenters. The van der Waals surface area contributed by atoms with Gasteiger partial charge in [-0.15, -0.1) is 5.10 Å². The van der Waals surface area contributed by atoms with Gasteiger partial charge in [0.25, 0.3) is 0 Å². The van der Waals surface area contributed by atoms with Crippen molar-refractivity contribution in [3.63, 3.8) is 0 Å². The second-order valence-electron chi connectivity index (χ2n) is 6.36. The highest BCUT2D eigenvalue weighted by atomic mass is 15.4. The molecular weight excluding hydrogens is 250 g/mol. The second-order valence-corrected chi connectivity index (χ2v) is 6.36. The lowest BCUT2D eigenvalue weighted by atomic mass is 9.91. The minimum Gasteiger partial charge on any atom is -0.337 e. The van der Waals surface area contributed by atoms with Crippen LogP contribution in [0.3, 0.4) is 0 Å². The standard InChI is InChI=1S/C15H27N5/c1-12-11-20(10-9-16-12)15-17-14(18-19-15)13-7-5-3-2-4-6-8-13/h12-13,16H,2-11H2,1H3,(H,17,18,19)/t12-/m0/s1. The fraction of sp³-hybridized carbons (Fsp3) is 0.867. The number of anilines is 1. The van der Waals surface area contributed by atoms with Gasteiger partial charge in [0.15, 0.2) is 0 Å². The molecule has 5 heteroatoms. The molecule has 0 aromatic carbocycles. The van der Waals surface area contributed by atoms with Gasteiger partial charge in [-0.05, 0) is 19.8 Å². The number of aromatic nitrogens is 3. The van der Waals surface area contributed by atoms with E-state index in [4.69, 9.17) is 4.98 Å². The average molecular weight is 277 g/mol. The topological polar surface area (TPSA) is 56.8 Å². The van der Waals surface area contributed by atoms with Gasteiger partial charge in [-0.2, -0.15) is 4.98 Å². The fourth-order valence-corrected chi connectivity index (χ4v) is 3.43. The normalized spacial score (nSPS) is 26.2. The Morgan fingerprint density at radius 1 is 1.10 bits per heavy atom. The SMILES string of the molecule is C[C@H]1CN(c2n[nH]c(C3CCCCCCC3)n2)CCN1. The maximum absolute atomic E-state index is 4.80. The number of H-pyrrole nitrogens is 1. The number of nitrogens with one attached hydrogen (secondary N) is 2. The maximum atomic E-state index is 4.80. The van der Waals surface area contributed by atoms with Gasteiger partial charge in [-0.1, -0.05) is 32.1 Å². The van der Waals surface area contributed by atoms with Crippen LogP contribution in [0.25, 0.3) is 0 Å². The number of piperazine rings is 1. The molecule has 1 atom stereocenters. The third-order valence-corrected chi connectivity index (χ3v) is 4.63. The Hall–Kier alpha value is -1.10. The Morgan fingerprint density at radius 3 is 2.60 bits per heavy atom. The number of nitrogens with zero attached hydrogens (tertiary/aromatic N) is 3. The van der Waals surface area contributed by atoms with Crippen molar-refractivity contribution in [3.05, 3.63) is 5.82 Å². The van der Waals surface area contributed by atoms with Crippen molar-refractivity contribution >= 4 is 5.95 Å². The quantitative estimate of drug-likeness (QED) is 0.871. The van der Waals surface area contributed by atoms with Gasteiger partial charge in [-0.3, -0.25) is 5.10 Å². The first-order valence-electron chi connectivity index (χ1n) is 8.23. The summed E-state index contributed by atoms with van der Waals surface area (Å²) in [5, 5.41) is 11.1. The van der Waals surface area contributed by atoms with E-state index in [1.54, 1.807) is 0 Å². The summed E-state index contributed by atoms with van der Waals surface area (Å²) in [7, 11) is 0.